The lowest BCUT2D eigenvalue weighted by Crippen LogP contribution is -2.25. The summed E-state index contributed by atoms with van der Waals surface area (Å²) >= 11 is 1.77. The molecule has 0 fully saturated rings. The molecular formula is C13H14INO2. The van der Waals surface area contributed by atoms with Crippen LogP contribution >= 0.6 is 22.9 Å². The van der Waals surface area contributed by atoms with Gasteiger partial charge in [0.15, 0.2) is 5.78 Å². The van der Waals surface area contributed by atoms with Crippen molar-refractivity contribution in [1.82, 2.24) is 3.53 Å². The molecule has 3 nitrogen and oxygen atoms in total. The zero-order chi connectivity index (χ0) is 12.8. The number of carbonyl (C=O) groups excluding carboxylic acids is 2. The molecule has 0 aromatic heterocycles. The van der Waals surface area contributed by atoms with Gasteiger partial charge in [0.2, 0.25) is 5.91 Å². The normalized spacial score (nSPS) is 11.6. The summed E-state index contributed by atoms with van der Waals surface area (Å²) in [6.07, 6.45) is 0.358. The second-order valence-electron chi connectivity index (χ2n) is 3.60. The van der Waals surface area contributed by atoms with Gasteiger partial charge >= 0.3 is 0 Å². The van der Waals surface area contributed by atoms with Crippen LogP contribution in [0.15, 0.2) is 42.5 Å². The van der Waals surface area contributed by atoms with Crippen LogP contribution in [0.1, 0.15) is 24.8 Å². The molecule has 0 saturated heterocycles. The van der Waals surface area contributed by atoms with E-state index in [-0.39, 0.29) is 11.7 Å². The molecule has 1 amide bonds. The highest BCUT2D eigenvalue weighted by atomic mass is 127. The molecule has 0 aliphatic carbocycles. The van der Waals surface area contributed by atoms with E-state index in [1.54, 1.807) is 29.8 Å². The fourth-order valence-corrected chi connectivity index (χ4v) is 1.91. The molecule has 1 rings (SSSR count). The quantitative estimate of drug-likeness (QED) is 0.508. The molecule has 90 valence electrons. The minimum Gasteiger partial charge on any atom is -0.298 e. The van der Waals surface area contributed by atoms with Gasteiger partial charge in [-0.25, -0.2) is 0 Å². The number of hydrogen-bond acceptors (Lipinski definition) is 2. The summed E-state index contributed by atoms with van der Waals surface area (Å²) in [5.41, 5.74) is 1.13. The number of hydrogen-bond donors (Lipinski definition) is 1. The maximum absolute atomic E-state index is 11.8. The number of benzene rings is 1. The van der Waals surface area contributed by atoms with Gasteiger partial charge in [-0.1, -0.05) is 43.8 Å². The number of amides is 1. The highest BCUT2D eigenvalue weighted by Crippen LogP contribution is 2.25. The van der Waals surface area contributed by atoms with Crippen molar-refractivity contribution in [3.05, 3.63) is 48.0 Å². The van der Waals surface area contributed by atoms with Crippen molar-refractivity contribution in [3.63, 3.8) is 0 Å². The van der Waals surface area contributed by atoms with E-state index in [1.165, 1.54) is 0 Å². The van der Waals surface area contributed by atoms with Crippen LogP contribution in [-0.2, 0) is 9.59 Å². The van der Waals surface area contributed by atoms with Crippen molar-refractivity contribution in [2.75, 3.05) is 0 Å². The summed E-state index contributed by atoms with van der Waals surface area (Å²) in [7, 11) is 0. The van der Waals surface area contributed by atoms with E-state index in [0.29, 0.717) is 12.0 Å². The highest BCUT2D eigenvalue weighted by molar-refractivity contribution is 14.1. The molecule has 0 aliphatic rings. The molecule has 1 atom stereocenters. The van der Waals surface area contributed by atoms with Gasteiger partial charge in [0, 0.05) is 12.0 Å². The third-order valence-electron chi connectivity index (χ3n) is 2.52. The van der Waals surface area contributed by atoms with Gasteiger partial charge in [-0.2, -0.15) is 0 Å². The minimum absolute atomic E-state index is 0.0844. The van der Waals surface area contributed by atoms with Crippen LogP contribution in [0.4, 0.5) is 0 Å². The first kappa shape index (κ1) is 13.9. The van der Waals surface area contributed by atoms with E-state index >= 15 is 0 Å². The van der Waals surface area contributed by atoms with Crippen LogP contribution in [0.25, 0.3) is 0 Å². The Morgan fingerprint density at radius 3 is 2.41 bits per heavy atom. The summed E-state index contributed by atoms with van der Waals surface area (Å²) in [5.74, 6) is -0.900. The monoisotopic (exact) mass is 343 g/mol. The predicted molar refractivity (Wildman–Crippen MR) is 75.8 cm³/mol. The number of rotatable bonds is 5. The number of ketones is 1. The zero-order valence-electron chi connectivity index (χ0n) is 9.57. The van der Waals surface area contributed by atoms with Crippen molar-refractivity contribution in [2.24, 2.45) is 0 Å². The van der Waals surface area contributed by atoms with Crippen LogP contribution < -0.4 is 3.53 Å². The number of halogens is 1. The average molecular weight is 343 g/mol. The molecule has 1 N–H and O–H groups in total. The maximum Gasteiger partial charge on any atom is 0.240 e. The Morgan fingerprint density at radius 2 is 1.94 bits per heavy atom. The lowest BCUT2D eigenvalue weighted by atomic mass is 9.88. The van der Waals surface area contributed by atoms with E-state index in [0.717, 1.165) is 5.56 Å². The first-order valence-corrected chi connectivity index (χ1v) is 6.37. The third-order valence-corrected chi connectivity index (χ3v) is 3.05. The summed E-state index contributed by atoms with van der Waals surface area (Å²) in [4.78, 5) is 23.5. The Kier molecular flexibility index (Phi) is 5.34. The molecule has 0 spiro atoms. The Morgan fingerprint density at radius 1 is 1.35 bits per heavy atom. The zero-order valence-corrected chi connectivity index (χ0v) is 11.7. The smallest absolute Gasteiger partial charge is 0.240 e. The van der Waals surface area contributed by atoms with Crippen LogP contribution in [0, 0.1) is 0 Å². The SMILES string of the molecule is C=C(C(=O)CC)[C@H](C(=O)NI)c1ccccc1. The Hall–Kier alpha value is -1.17. The first-order chi connectivity index (χ1) is 8.11. The first-order valence-electron chi connectivity index (χ1n) is 5.29. The second kappa shape index (κ2) is 6.54. The lowest BCUT2D eigenvalue weighted by Gasteiger charge is -2.16. The van der Waals surface area contributed by atoms with E-state index in [4.69, 9.17) is 0 Å². The van der Waals surface area contributed by atoms with E-state index in [2.05, 4.69) is 10.1 Å². The van der Waals surface area contributed by atoms with Gasteiger partial charge in [0.05, 0.1) is 28.8 Å². The van der Waals surface area contributed by atoms with Crippen molar-refractivity contribution in [1.29, 1.82) is 0 Å². The van der Waals surface area contributed by atoms with Crippen LogP contribution in [0.2, 0.25) is 0 Å². The molecule has 0 radical (unpaired) electrons. The maximum atomic E-state index is 11.8. The minimum atomic E-state index is -0.597. The van der Waals surface area contributed by atoms with Crippen LogP contribution in [0.3, 0.4) is 0 Å². The van der Waals surface area contributed by atoms with Gasteiger partial charge in [-0.15, -0.1) is 0 Å². The second-order valence-corrected chi connectivity index (χ2v) is 4.14. The van der Waals surface area contributed by atoms with Crippen molar-refractivity contribution >= 4 is 34.6 Å². The molecule has 0 saturated carbocycles. The average Bonchev–Trinajstić information content (AvgIpc) is 2.38. The van der Waals surface area contributed by atoms with Crippen molar-refractivity contribution in [2.45, 2.75) is 19.3 Å². The number of Topliss-reactive ketones (excluding diaryl/α,β-unsaturated/α-hetero) is 1. The summed E-state index contributed by atoms with van der Waals surface area (Å²) in [6.45, 7) is 5.52. The van der Waals surface area contributed by atoms with E-state index in [9.17, 15) is 9.59 Å². The fourth-order valence-electron chi connectivity index (χ4n) is 1.60. The fraction of sp³-hybridized carbons (Fsp3) is 0.231. The molecule has 0 aliphatic heterocycles. The van der Waals surface area contributed by atoms with Crippen molar-refractivity contribution < 1.29 is 9.59 Å². The molecule has 1 aromatic rings. The highest BCUT2D eigenvalue weighted by Gasteiger charge is 2.26. The molecule has 0 heterocycles. The predicted octanol–water partition coefficient (Wildman–Crippen LogP) is 2.77. The largest absolute Gasteiger partial charge is 0.298 e. The Balaban J connectivity index is 3.09. The molecule has 17 heavy (non-hydrogen) atoms. The van der Waals surface area contributed by atoms with Gasteiger partial charge < -0.3 is 0 Å². The van der Waals surface area contributed by atoms with E-state index in [1.807, 2.05) is 30.3 Å². The Bertz CT molecular complexity index is 428. The third kappa shape index (κ3) is 3.39. The number of carbonyl (C=O) groups is 2. The molecule has 0 unspecified atom stereocenters. The molecule has 1 aromatic carbocycles. The Labute approximate surface area is 115 Å². The van der Waals surface area contributed by atoms with Gasteiger partial charge in [-0.05, 0) is 5.56 Å². The van der Waals surface area contributed by atoms with Gasteiger partial charge in [0.1, 0.15) is 0 Å². The van der Waals surface area contributed by atoms with E-state index < -0.39 is 5.92 Å². The molecule has 4 heteroatoms. The molecular weight excluding hydrogens is 329 g/mol. The van der Waals surface area contributed by atoms with Gasteiger partial charge in [-0.3, -0.25) is 13.1 Å². The summed E-state index contributed by atoms with van der Waals surface area (Å²) < 4.78 is 2.54. The summed E-state index contributed by atoms with van der Waals surface area (Å²) in [6, 6.07) is 9.20. The standard InChI is InChI=1S/C13H14INO2/c1-3-11(16)9(2)12(13(17)15-14)10-7-5-4-6-8-10/h4-8,12H,2-3H2,1H3,(H,15,17)/t12-/m0/s1. The number of nitrogens with one attached hydrogen (secondary N) is 1. The topological polar surface area (TPSA) is 46.2 Å². The van der Waals surface area contributed by atoms with Crippen molar-refractivity contribution in [3.8, 4) is 0 Å². The van der Waals surface area contributed by atoms with Gasteiger partial charge in [0.25, 0.3) is 0 Å². The van der Waals surface area contributed by atoms with Crippen LogP contribution in [0.5, 0.6) is 0 Å². The lowest BCUT2D eigenvalue weighted by molar-refractivity contribution is -0.122. The van der Waals surface area contributed by atoms with Crippen LogP contribution in [-0.4, -0.2) is 11.7 Å². The molecule has 0 bridgehead atoms. The summed E-state index contributed by atoms with van der Waals surface area (Å²) in [5, 5.41) is 0.